The second kappa shape index (κ2) is 7.72. The van der Waals surface area contributed by atoms with Crippen molar-refractivity contribution in [2.45, 2.75) is 12.8 Å². The number of halogens is 2. The molecule has 1 saturated heterocycles. The van der Waals surface area contributed by atoms with Crippen LogP contribution in [0.25, 0.3) is 33.3 Å². The highest BCUT2D eigenvalue weighted by Gasteiger charge is 2.18. The van der Waals surface area contributed by atoms with Crippen molar-refractivity contribution >= 4 is 43.6 Å². The number of H-pyrrole nitrogens is 1. The van der Waals surface area contributed by atoms with Crippen molar-refractivity contribution in [1.29, 1.82) is 0 Å². The van der Waals surface area contributed by atoms with Crippen LogP contribution >= 0.6 is 15.9 Å². The fourth-order valence-electron chi connectivity index (χ4n) is 3.98. The third kappa shape index (κ3) is 3.72. The number of pyridine rings is 1. The molecule has 2 aromatic carbocycles. The van der Waals surface area contributed by atoms with Gasteiger partial charge in [-0.3, -0.25) is 4.98 Å². The lowest BCUT2D eigenvalue weighted by atomic mass is 9.97. The molecule has 4 aromatic rings. The second-order valence-corrected chi connectivity index (χ2v) is 8.45. The number of rotatable bonds is 4. The molecule has 0 saturated carbocycles. The first-order valence-corrected chi connectivity index (χ1v) is 10.7. The first-order chi connectivity index (χ1) is 14.2. The Balaban J connectivity index is 1.60. The molecule has 0 bridgehead atoms. The highest BCUT2D eigenvalue weighted by molar-refractivity contribution is 9.10. The Labute approximate surface area is 176 Å². The van der Waals surface area contributed by atoms with E-state index in [0.717, 1.165) is 51.8 Å². The van der Waals surface area contributed by atoms with Gasteiger partial charge in [-0.15, -0.1) is 0 Å². The summed E-state index contributed by atoms with van der Waals surface area (Å²) < 4.78 is 14.6. The van der Waals surface area contributed by atoms with Crippen molar-refractivity contribution in [1.82, 2.24) is 20.3 Å². The molecule has 3 heterocycles. The molecule has 1 aliphatic rings. The topological polar surface area (TPSA) is 65.6 Å². The normalized spacial score (nSPS) is 15.2. The molecule has 0 aliphatic carbocycles. The van der Waals surface area contributed by atoms with Crippen molar-refractivity contribution in [3.05, 3.63) is 52.9 Å². The van der Waals surface area contributed by atoms with Gasteiger partial charge in [0.1, 0.15) is 11.6 Å². The van der Waals surface area contributed by atoms with Crippen LogP contribution in [0.3, 0.4) is 0 Å². The number of aromatic nitrogens is 3. The molecule has 7 heteroatoms. The van der Waals surface area contributed by atoms with Crippen molar-refractivity contribution < 1.29 is 4.39 Å². The Morgan fingerprint density at radius 2 is 1.93 bits per heavy atom. The SMILES string of the molecule is Fc1ccc2nc(-c3cnc4ccc(Br)cc4c3NCC3CCNCC3)[nH]c2c1. The standard InChI is InChI=1S/C22H21BrFN5/c23-14-1-3-18-16(9-14)21(27-11-13-5-7-25-8-6-13)17(12-26-18)22-28-19-4-2-15(24)10-20(19)29-22/h1-4,9-10,12-13,25H,5-8,11H2,(H,26,27)(H,28,29). The minimum absolute atomic E-state index is 0.280. The van der Waals surface area contributed by atoms with Crippen molar-refractivity contribution in [3.63, 3.8) is 0 Å². The number of hydrogen-bond donors (Lipinski definition) is 3. The molecular weight excluding hydrogens is 433 g/mol. The maximum Gasteiger partial charge on any atom is 0.142 e. The predicted molar refractivity (Wildman–Crippen MR) is 119 cm³/mol. The molecule has 0 radical (unpaired) electrons. The highest BCUT2D eigenvalue weighted by atomic mass is 79.9. The Kier molecular flexibility index (Phi) is 4.93. The maximum absolute atomic E-state index is 13.6. The van der Waals surface area contributed by atoms with Crippen LogP contribution in [-0.2, 0) is 0 Å². The van der Waals surface area contributed by atoms with Crippen LogP contribution in [0.4, 0.5) is 10.1 Å². The van der Waals surface area contributed by atoms with E-state index in [1.807, 2.05) is 18.3 Å². The molecule has 5 rings (SSSR count). The van der Waals surface area contributed by atoms with E-state index in [2.05, 4.69) is 47.6 Å². The molecule has 1 fully saturated rings. The summed E-state index contributed by atoms with van der Waals surface area (Å²) in [6.45, 7) is 3.03. The Bertz CT molecular complexity index is 1180. The maximum atomic E-state index is 13.6. The van der Waals surface area contributed by atoms with Crippen LogP contribution in [0.5, 0.6) is 0 Å². The summed E-state index contributed by atoms with van der Waals surface area (Å²) in [5.41, 5.74) is 4.24. The van der Waals surface area contributed by atoms with E-state index in [0.29, 0.717) is 17.3 Å². The molecule has 0 unspecified atom stereocenters. The smallest absolute Gasteiger partial charge is 0.142 e. The summed E-state index contributed by atoms with van der Waals surface area (Å²) in [6, 6.07) is 10.7. The van der Waals surface area contributed by atoms with Gasteiger partial charge < -0.3 is 15.6 Å². The molecule has 1 aliphatic heterocycles. The van der Waals surface area contributed by atoms with Gasteiger partial charge in [-0.2, -0.15) is 0 Å². The Morgan fingerprint density at radius 1 is 1.10 bits per heavy atom. The van der Waals surface area contributed by atoms with Crippen LogP contribution in [-0.4, -0.2) is 34.6 Å². The van der Waals surface area contributed by atoms with Crippen LogP contribution in [0.15, 0.2) is 47.1 Å². The van der Waals surface area contributed by atoms with Gasteiger partial charge in [0.15, 0.2) is 0 Å². The monoisotopic (exact) mass is 453 g/mol. The van der Waals surface area contributed by atoms with Gasteiger partial charge >= 0.3 is 0 Å². The lowest BCUT2D eigenvalue weighted by Crippen LogP contribution is -2.31. The van der Waals surface area contributed by atoms with Gasteiger partial charge in [0.05, 0.1) is 27.8 Å². The van der Waals surface area contributed by atoms with Gasteiger partial charge in [-0.1, -0.05) is 15.9 Å². The Hall–Kier alpha value is -2.51. The van der Waals surface area contributed by atoms with E-state index in [9.17, 15) is 4.39 Å². The minimum Gasteiger partial charge on any atom is -0.384 e. The quantitative estimate of drug-likeness (QED) is 0.402. The lowest BCUT2D eigenvalue weighted by molar-refractivity contribution is 0.390. The Morgan fingerprint density at radius 3 is 2.79 bits per heavy atom. The zero-order valence-electron chi connectivity index (χ0n) is 15.8. The number of piperidine rings is 1. The molecule has 148 valence electrons. The first kappa shape index (κ1) is 18.5. The number of anilines is 1. The van der Waals surface area contributed by atoms with Crippen molar-refractivity contribution in [2.24, 2.45) is 5.92 Å². The summed E-state index contributed by atoms with van der Waals surface area (Å²) >= 11 is 3.58. The largest absolute Gasteiger partial charge is 0.384 e. The zero-order valence-corrected chi connectivity index (χ0v) is 17.4. The van der Waals surface area contributed by atoms with E-state index in [-0.39, 0.29) is 5.82 Å². The van der Waals surface area contributed by atoms with E-state index in [1.54, 1.807) is 6.07 Å². The van der Waals surface area contributed by atoms with Crippen molar-refractivity contribution in [2.75, 3.05) is 25.0 Å². The van der Waals surface area contributed by atoms with Crippen LogP contribution in [0, 0.1) is 11.7 Å². The second-order valence-electron chi connectivity index (χ2n) is 7.53. The predicted octanol–water partition coefficient (Wildman–Crippen LogP) is 5.09. The molecular formula is C22H21BrFN5. The van der Waals surface area contributed by atoms with Gasteiger partial charge in [-0.05, 0) is 68.2 Å². The summed E-state index contributed by atoms with van der Waals surface area (Å²) in [5.74, 6) is 1.04. The third-order valence-electron chi connectivity index (χ3n) is 5.56. The molecule has 0 amide bonds. The van der Waals surface area contributed by atoms with Gasteiger partial charge in [0.25, 0.3) is 0 Å². The average molecular weight is 454 g/mol. The van der Waals surface area contributed by atoms with E-state index in [1.165, 1.54) is 25.0 Å². The minimum atomic E-state index is -0.280. The molecule has 3 N–H and O–H groups in total. The number of nitrogens with zero attached hydrogens (tertiary/aromatic N) is 2. The number of fused-ring (bicyclic) bond motifs is 2. The number of nitrogens with one attached hydrogen (secondary N) is 3. The van der Waals surface area contributed by atoms with E-state index < -0.39 is 0 Å². The van der Waals surface area contributed by atoms with Gasteiger partial charge in [-0.25, -0.2) is 9.37 Å². The van der Waals surface area contributed by atoms with Gasteiger partial charge in [0, 0.05) is 22.6 Å². The molecule has 29 heavy (non-hydrogen) atoms. The number of hydrogen-bond acceptors (Lipinski definition) is 4. The molecule has 0 atom stereocenters. The summed E-state index contributed by atoms with van der Waals surface area (Å²) in [6.07, 6.45) is 4.17. The zero-order chi connectivity index (χ0) is 19.8. The summed E-state index contributed by atoms with van der Waals surface area (Å²) in [4.78, 5) is 12.6. The molecule has 2 aromatic heterocycles. The number of aromatic amines is 1. The molecule has 5 nitrogen and oxygen atoms in total. The third-order valence-corrected chi connectivity index (χ3v) is 6.05. The lowest BCUT2D eigenvalue weighted by Gasteiger charge is -2.24. The van der Waals surface area contributed by atoms with Crippen LogP contribution < -0.4 is 10.6 Å². The van der Waals surface area contributed by atoms with E-state index >= 15 is 0 Å². The number of imidazole rings is 1. The average Bonchev–Trinajstić information content (AvgIpc) is 3.15. The van der Waals surface area contributed by atoms with Crippen LogP contribution in [0.2, 0.25) is 0 Å². The summed E-state index contributed by atoms with van der Waals surface area (Å²) in [5, 5.41) is 8.14. The van der Waals surface area contributed by atoms with Gasteiger partial charge in [0.2, 0.25) is 0 Å². The highest BCUT2D eigenvalue weighted by Crippen LogP contribution is 2.35. The number of benzene rings is 2. The first-order valence-electron chi connectivity index (χ1n) is 9.86. The fourth-order valence-corrected chi connectivity index (χ4v) is 4.34. The van der Waals surface area contributed by atoms with Crippen LogP contribution in [0.1, 0.15) is 12.8 Å². The fraction of sp³-hybridized carbons (Fsp3) is 0.273. The van der Waals surface area contributed by atoms with Crippen molar-refractivity contribution in [3.8, 4) is 11.4 Å². The van der Waals surface area contributed by atoms with E-state index in [4.69, 9.17) is 0 Å². The molecule has 0 spiro atoms. The summed E-state index contributed by atoms with van der Waals surface area (Å²) in [7, 11) is 0.